The summed E-state index contributed by atoms with van der Waals surface area (Å²) in [5, 5.41) is 5.09. The van der Waals surface area contributed by atoms with Crippen molar-refractivity contribution in [3.8, 4) is 5.75 Å². The zero-order chi connectivity index (χ0) is 24.2. The Kier molecular flexibility index (Phi) is 7.83. The van der Waals surface area contributed by atoms with Gasteiger partial charge in [-0.2, -0.15) is 9.78 Å². The number of rotatable bonds is 6. The standard InChI is InChI=1S/C25H25Br2N3O4/c1-15(25(32)33-2)34-22-11-9-18(26)12-17(22)14-28-30-23(16-6-4-3-5-7-16)29-21-10-8-19(27)13-20(21)24(30)31/h8-16H,3-7H2,1-2H3/t15-/m1/s1. The van der Waals surface area contributed by atoms with E-state index in [9.17, 15) is 9.59 Å². The molecule has 34 heavy (non-hydrogen) atoms. The minimum absolute atomic E-state index is 0.171. The number of carbonyl (C=O) groups excluding carboxylic acids is 1. The molecule has 3 aromatic rings. The van der Waals surface area contributed by atoms with Crippen molar-refractivity contribution in [2.75, 3.05) is 7.11 Å². The van der Waals surface area contributed by atoms with Crippen molar-refractivity contribution in [1.29, 1.82) is 0 Å². The van der Waals surface area contributed by atoms with Crippen LogP contribution in [0.1, 0.15) is 56.3 Å². The summed E-state index contributed by atoms with van der Waals surface area (Å²) >= 11 is 6.91. The number of hydrogen-bond donors (Lipinski definition) is 0. The van der Waals surface area contributed by atoms with Crippen molar-refractivity contribution in [2.24, 2.45) is 5.10 Å². The van der Waals surface area contributed by atoms with Crippen LogP contribution in [0.3, 0.4) is 0 Å². The minimum Gasteiger partial charge on any atom is -0.478 e. The third kappa shape index (κ3) is 5.41. The molecule has 4 rings (SSSR count). The highest BCUT2D eigenvalue weighted by Gasteiger charge is 2.23. The number of hydrogen-bond acceptors (Lipinski definition) is 6. The molecule has 1 aliphatic carbocycles. The molecule has 1 aromatic heterocycles. The average Bonchev–Trinajstić information content (AvgIpc) is 2.85. The number of carbonyl (C=O) groups is 1. The summed E-state index contributed by atoms with van der Waals surface area (Å²) in [5.74, 6) is 0.819. The Morgan fingerprint density at radius 1 is 1.15 bits per heavy atom. The van der Waals surface area contributed by atoms with Crippen molar-refractivity contribution < 1.29 is 14.3 Å². The summed E-state index contributed by atoms with van der Waals surface area (Å²) in [5.41, 5.74) is 1.06. The molecule has 9 heteroatoms. The van der Waals surface area contributed by atoms with Crippen LogP contribution in [0.25, 0.3) is 10.9 Å². The van der Waals surface area contributed by atoms with E-state index in [-0.39, 0.29) is 11.5 Å². The van der Waals surface area contributed by atoms with Crippen LogP contribution in [-0.4, -0.2) is 35.1 Å². The molecule has 0 radical (unpaired) electrons. The van der Waals surface area contributed by atoms with Crippen molar-refractivity contribution in [3.63, 3.8) is 0 Å². The predicted molar refractivity (Wildman–Crippen MR) is 139 cm³/mol. The summed E-state index contributed by atoms with van der Waals surface area (Å²) < 4.78 is 13.6. The maximum atomic E-state index is 13.5. The van der Waals surface area contributed by atoms with Gasteiger partial charge in [0.15, 0.2) is 6.10 Å². The van der Waals surface area contributed by atoms with Gasteiger partial charge in [-0.05, 0) is 56.2 Å². The highest BCUT2D eigenvalue weighted by Crippen LogP contribution is 2.32. The Morgan fingerprint density at radius 3 is 2.59 bits per heavy atom. The molecular formula is C25H25Br2N3O4. The molecule has 0 saturated heterocycles. The first-order valence-electron chi connectivity index (χ1n) is 11.2. The van der Waals surface area contributed by atoms with Gasteiger partial charge in [0.2, 0.25) is 0 Å². The highest BCUT2D eigenvalue weighted by molar-refractivity contribution is 9.10. The van der Waals surface area contributed by atoms with Gasteiger partial charge in [-0.15, -0.1) is 0 Å². The lowest BCUT2D eigenvalue weighted by atomic mass is 9.88. The number of ether oxygens (including phenoxy) is 2. The third-order valence-electron chi connectivity index (χ3n) is 5.92. The van der Waals surface area contributed by atoms with Crippen LogP contribution >= 0.6 is 31.9 Å². The van der Waals surface area contributed by atoms with E-state index >= 15 is 0 Å². The van der Waals surface area contributed by atoms with Crippen LogP contribution in [-0.2, 0) is 9.53 Å². The number of aromatic nitrogens is 2. The van der Waals surface area contributed by atoms with Crippen LogP contribution < -0.4 is 10.3 Å². The number of fused-ring (bicyclic) bond motifs is 1. The van der Waals surface area contributed by atoms with Crippen molar-refractivity contribution >= 4 is 54.9 Å². The first-order valence-corrected chi connectivity index (χ1v) is 12.8. The number of esters is 1. The Labute approximate surface area is 214 Å². The van der Waals surface area contributed by atoms with Gasteiger partial charge in [0.1, 0.15) is 11.6 Å². The zero-order valence-corrected chi connectivity index (χ0v) is 22.1. The lowest BCUT2D eigenvalue weighted by Crippen LogP contribution is -2.26. The molecule has 0 spiro atoms. The fourth-order valence-corrected chi connectivity index (χ4v) is 4.89. The van der Waals surface area contributed by atoms with Crippen LogP contribution in [0.15, 0.2) is 55.2 Å². The summed E-state index contributed by atoms with van der Waals surface area (Å²) in [7, 11) is 1.32. The Morgan fingerprint density at radius 2 is 1.85 bits per heavy atom. The van der Waals surface area contributed by atoms with Gasteiger partial charge < -0.3 is 9.47 Å². The Bertz CT molecular complexity index is 1300. The second kappa shape index (κ2) is 10.8. The summed E-state index contributed by atoms with van der Waals surface area (Å²) in [6.45, 7) is 1.62. The van der Waals surface area contributed by atoms with Crippen LogP contribution in [0.2, 0.25) is 0 Å². The SMILES string of the molecule is COC(=O)[C@@H](C)Oc1ccc(Br)cc1C=Nn1c(C2CCCCC2)nc2ccc(Br)cc2c1=O. The molecule has 1 heterocycles. The number of benzene rings is 2. The third-order valence-corrected chi connectivity index (χ3v) is 6.91. The Balaban J connectivity index is 1.80. The molecule has 0 aliphatic heterocycles. The second-order valence-electron chi connectivity index (χ2n) is 8.29. The van der Waals surface area contributed by atoms with E-state index in [4.69, 9.17) is 14.5 Å². The van der Waals surface area contributed by atoms with Crippen LogP contribution in [0, 0.1) is 0 Å². The van der Waals surface area contributed by atoms with E-state index in [1.807, 2.05) is 24.3 Å². The summed E-state index contributed by atoms with van der Waals surface area (Å²) in [6.07, 6.45) is 6.15. The van der Waals surface area contributed by atoms with E-state index in [1.54, 1.807) is 25.3 Å². The maximum absolute atomic E-state index is 13.5. The van der Waals surface area contributed by atoms with E-state index in [0.717, 1.165) is 34.6 Å². The number of methoxy groups -OCH3 is 1. The van der Waals surface area contributed by atoms with Crippen LogP contribution in [0.4, 0.5) is 0 Å². The second-order valence-corrected chi connectivity index (χ2v) is 10.1. The van der Waals surface area contributed by atoms with Crippen molar-refractivity contribution in [2.45, 2.75) is 51.0 Å². The molecule has 7 nitrogen and oxygen atoms in total. The molecule has 1 saturated carbocycles. The fraction of sp³-hybridized carbons (Fsp3) is 0.360. The first kappa shape index (κ1) is 24.6. The monoisotopic (exact) mass is 589 g/mol. The number of halogens is 2. The lowest BCUT2D eigenvalue weighted by Gasteiger charge is -2.22. The zero-order valence-electron chi connectivity index (χ0n) is 19.0. The lowest BCUT2D eigenvalue weighted by molar-refractivity contribution is -0.147. The fourth-order valence-electron chi connectivity index (χ4n) is 4.15. The van der Waals surface area contributed by atoms with Crippen molar-refractivity contribution in [1.82, 2.24) is 9.66 Å². The van der Waals surface area contributed by atoms with E-state index in [2.05, 4.69) is 37.0 Å². The molecule has 2 aromatic carbocycles. The van der Waals surface area contributed by atoms with Gasteiger partial charge in [0.25, 0.3) is 5.56 Å². The Hall–Kier alpha value is -2.52. The smallest absolute Gasteiger partial charge is 0.346 e. The summed E-state index contributed by atoms with van der Waals surface area (Å²) in [6, 6.07) is 10.9. The largest absolute Gasteiger partial charge is 0.478 e. The predicted octanol–water partition coefficient (Wildman–Crippen LogP) is 5.79. The van der Waals surface area contributed by atoms with Gasteiger partial charge in [0, 0.05) is 20.4 Å². The van der Waals surface area contributed by atoms with E-state index < -0.39 is 12.1 Å². The maximum Gasteiger partial charge on any atom is 0.346 e. The molecule has 0 bridgehead atoms. The molecule has 1 aliphatic rings. The molecule has 1 fully saturated rings. The number of nitrogens with zero attached hydrogens (tertiary/aromatic N) is 3. The van der Waals surface area contributed by atoms with Gasteiger partial charge >= 0.3 is 5.97 Å². The molecule has 0 N–H and O–H groups in total. The van der Waals surface area contributed by atoms with E-state index in [0.29, 0.717) is 28.0 Å². The van der Waals surface area contributed by atoms with Gasteiger partial charge in [0.05, 0.1) is 24.2 Å². The molecular weight excluding hydrogens is 566 g/mol. The highest BCUT2D eigenvalue weighted by atomic mass is 79.9. The topological polar surface area (TPSA) is 82.8 Å². The van der Waals surface area contributed by atoms with Gasteiger partial charge in [-0.25, -0.2) is 9.78 Å². The van der Waals surface area contributed by atoms with Gasteiger partial charge in [-0.1, -0.05) is 51.1 Å². The molecule has 1 atom stereocenters. The van der Waals surface area contributed by atoms with Gasteiger partial charge in [-0.3, -0.25) is 4.79 Å². The minimum atomic E-state index is -0.793. The van der Waals surface area contributed by atoms with E-state index in [1.165, 1.54) is 18.2 Å². The average molecular weight is 591 g/mol. The molecule has 0 unspecified atom stereocenters. The van der Waals surface area contributed by atoms with Crippen molar-refractivity contribution in [3.05, 3.63) is 67.1 Å². The van der Waals surface area contributed by atoms with Crippen LogP contribution in [0.5, 0.6) is 5.75 Å². The molecule has 178 valence electrons. The normalized spacial score (nSPS) is 15.5. The first-order chi connectivity index (χ1) is 16.4. The molecule has 0 amide bonds. The quantitative estimate of drug-likeness (QED) is 0.268. The summed E-state index contributed by atoms with van der Waals surface area (Å²) in [4.78, 5) is 30.2.